The lowest BCUT2D eigenvalue weighted by Gasteiger charge is -2.12. The van der Waals surface area contributed by atoms with Gasteiger partial charge in [-0.2, -0.15) is 0 Å². The maximum atomic E-state index is 12.8. The monoisotopic (exact) mass is 398 g/mol. The molecule has 0 radical (unpaired) electrons. The number of fused-ring (bicyclic) bond motifs is 1. The van der Waals surface area contributed by atoms with Crippen LogP contribution < -0.4 is 11.2 Å². The van der Waals surface area contributed by atoms with Crippen molar-refractivity contribution in [2.45, 2.75) is 18.9 Å². The Morgan fingerprint density at radius 3 is 2.25 bits per heavy atom. The van der Waals surface area contributed by atoms with Crippen molar-refractivity contribution in [3.8, 4) is 11.4 Å². The number of nitrogens with zero attached hydrogens (tertiary/aromatic N) is 4. The van der Waals surface area contributed by atoms with Gasteiger partial charge in [0.25, 0.3) is 5.56 Å². The Morgan fingerprint density at radius 2 is 1.68 bits per heavy atom. The van der Waals surface area contributed by atoms with Crippen LogP contribution in [0.15, 0.2) is 55.6 Å². The third kappa shape index (κ3) is 3.36. The van der Waals surface area contributed by atoms with Gasteiger partial charge in [0.15, 0.2) is 17.3 Å². The summed E-state index contributed by atoms with van der Waals surface area (Å²) in [6.45, 7) is 2.70. The lowest BCUT2D eigenvalue weighted by atomic mass is 10.2. The molecule has 1 aromatic carbocycles. The van der Waals surface area contributed by atoms with E-state index in [9.17, 15) is 19.5 Å². The minimum absolute atomic E-state index is 0.0647. The number of benzene rings is 1. The molecule has 0 atom stereocenters. The van der Waals surface area contributed by atoms with Gasteiger partial charge in [-0.1, -0.05) is 42.1 Å². The molecule has 0 aliphatic heterocycles. The second-order valence-corrected chi connectivity index (χ2v) is 7.19. The Labute approximate surface area is 164 Å². The van der Waals surface area contributed by atoms with Gasteiger partial charge in [0.05, 0.1) is 4.91 Å². The first kappa shape index (κ1) is 19.6. The topological polar surface area (TPSA) is 107 Å². The predicted octanol–water partition coefficient (Wildman–Crippen LogP) is 2.16. The fourth-order valence-corrected chi connectivity index (χ4v) is 3.61. The maximum Gasteiger partial charge on any atom is 0.332 e. The van der Waals surface area contributed by atoms with E-state index in [1.807, 2.05) is 18.2 Å². The first-order valence-corrected chi connectivity index (χ1v) is 9.15. The van der Waals surface area contributed by atoms with Gasteiger partial charge in [-0.25, -0.2) is 14.8 Å². The number of allylic oxidation sites excluding steroid dienone is 2. The molecule has 144 valence electrons. The largest absolute Gasteiger partial charge is 0.511 e. The number of aryl methyl sites for hydroxylation is 1. The highest BCUT2D eigenvalue weighted by Crippen LogP contribution is 2.32. The molecule has 0 amide bonds. The van der Waals surface area contributed by atoms with Crippen LogP contribution in [0.4, 0.5) is 0 Å². The van der Waals surface area contributed by atoms with Crippen LogP contribution in [0.5, 0.6) is 0 Å². The zero-order chi connectivity index (χ0) is 20.6. The minimum Gasteiger partial charge on any atom is -0.511 e. The van der Waals surface area contributed by atoms with E-state index in [-0.39, 0.29) is 32.5 Å². The second kappa shape index (κ2) is 7.43. The van der Waals surface area contributed by atoms with Crippen molar-refractivity contribution < 1.29 is 9.90 Å². The average molecular weight is 398 g/mol. The van der Waals surface area contributed by atoms with Crippen molar-refractivity contribution in [2.75, 3.05) is 0 Å². The van der Waals surface area contributed by atoms with Crippen molar-refractivity contribution in [2.24, 2.45) is 14.1 Å². The molecule has 2 aromatic heterocycles. The van der Waals surface area contributed by atoms with Crippen LogP contribution in [-0.4, -0.2) is 30.0 Å². The molecule has 0 saturated heterocycles. The second-order valence-electron chi connectivity index (χ2n) is 6.20. The van der Waals surface area contributed by atoms with Crippen molar-refractivity contribution >= 4 is 28.6 Å². The number of ketones is 1. The number of rotatable bonds is 4. The molecule has 8 nitrogen and oxygen atoms in total. The Morgan fingerprint density at radius 1 is 1.04 bits per heavy atom. The Kier molecular flexibility index (Phi) is 5.19. The quantitative estimate of drug-likeness (QED) is 0.311. The Bertz CT molecular complexity index is 1240. The Balaban J connectivity index is 2.43. The summed E-state index contributed by atoms with van der Waals surface area (Å²) in [5.41, 5.74) is -0.248. The van der Waals surface area contributed by atoms with Gasteiger partial charge in [-0.3, -0.25) is 18.7 Å². The first-order chi connectivity index (χ1) is 13.2. The average Bonchev–Trinajstić information content (AvgIpc) is 2.68. The number of hydrogen-bond donors (Lipinski definition) is 1. The van der Waals surface area contributed by atoms with Crippen molar-refractivity contribution in [1.82, 2.24) is 19.1 Å². The Hall–Kier alpha value is -3.20. The molecule has 0 bridgehead atoms. The van der Waals surface area contributed by atoms with Gasteiger partial charge in [-0.05, 0) is 13.8 Å². The van der Waals surface area contributed by atoms with Gasteiger partial charge < -0.3 is 5.11 Å². The van der Waals surface area contributed by atoms with Crippen LogP contribution in [-0.2, 0) is 18.9 Å². The number of aromatic nitrogens is 4. The number of aliphatic hydroxyl groups is 1. The lowest BCUT2D eigenvalue weighted by Crippen LogP contribution is -2.37. The molecular weight excluding hydrogens is 380 g/mol. The van der Waals surface area contributed by atoms with E-state index in [2.05, 4.69) is 9.97 Å². The summed E-state index contributed by atoms with van der Waals surface area (Å²) in [5, 5.41) is 10.2. The van der Waals surface area contributed by atoms with E-state index in [1.54, 1.807) is 12.1 Å². The number of hydrogen-bond acceptors (Lipinski definition) is 7. The number of aliphatic hydroxyl groups excluding tert-OH is 1. The standard InChI is InChI=1S/C19H18N4O4S/c1-10(24)14(11(2)25)28-17-13-16(22(3)19(27)23(4)18(13)26)20-15(21-17)12-8-6-5-7-9-12/h5-9,24H,1-4H3/b14-10-. The highest BCUT2D eigenvalue weighted by Gasteiger charge is 2.21. The van der Waals surface area contributed by atoms with E-state index in [0.29, 0.717) is 11.4 Å². The van der Waals surface area contributed by atoms with Gasteiger partial charge in [0.2, 0.25) is 0 Å². The van der Waals surface area contributed by atoms with Gasteiger partial charge in [0, 0.05) is 19.7 Å². The van der Waals surface area contributed by atoms with E-state index >= 15 is 0 Å². The van der Waals surface area contributed by atoms with Gasteiger partial charge in [0.1, 0.15) is 16.2 Å². The predicted molar refractivity (Wildman–Crippen MR) is 107 cm³/mol. The first-order valence-electron chi connectivity index (χ1n) is 8.34. The van der Waals surface area contributed by atoms with Crippen LogP contribution >= 0.6 is 11.8 Å². The summed E-state index contributed by atoms with van der Waals surface area (Å²) in [6, 6.07) is 9.08. The molecule has 9 heteroatoms. The zero-order valence-corrected chi connectivity index (χ0v) is 16.6. The lowest BCUT2D eigenvalue weighted by molar-refractivity contribution is -0.113. The fourth-order valence-electron chi connectivity index (χ4n) is 2.72. The minimum atomic E-state index is -0.571. The summed E-state index contributed by atoms with van der Waals surface area (Å²) >= 11 is 0.881. The molecule has 0 aliphatic rings. The third-order valence-electron chi connectivity index (χ3n) is 4.15. The van der Waals surface area contributed by atoms with Crippen LogP contribution in [0.2, 0.25) is 0 Å². The number of carbonyl (C=O) groups excluding carboxylic acids is 1. The van der Waals surface area contributed by atoms with Crippen molar-refractivity contribution in [1.29, 1.82) is 0 Å². The fraction of sp³-hybridized carbons (Fsp3) is 0.211. The maximum absolute atomic E-state index is 12.8. The molecule has 1 N–H and O–H groups in total. The smallest absolute Gasteiger partial charge is 0.332 e. The molecule has 0 unspecified atom stereocenters. The molecular formula is C19H18N4O4S. The summed E-state index contributed by atoms with van der Waals surface area (Å²) in [7, 11) is 2.88. The zero-order valence-electron chi connectivity index (χ0n) is 15.8. The summed E-state index contributed by atoms with van der Waals surface area (Å²) in [4.78, 5) is 46.0. The van der Waals surface area contributed by atoms with Crippen molar-refractivity contribution in [3.63, 3.8) is 0 Å². The van der Waals surface area contributed by atoms with Crippen LogP contribution in [0.3, 0.4) is 0 Å². The highest BCUT2D eigenvalue weighted by atomic mass is 32.2. The van der Waals surface area contributed by atoms with E-state index in [4.69, 9.17) is 0 Å². The third-order valence-corrected chi connectivity index (χ3v) is 5.42. The summed E-state index contributed by atoms with van der Waals surface area (Å²) < 4.78 is 2.22. The van der Waals surface area contributed by atoms with Crippen LogP contribution in [0.1, 0.15) is 13.8 Å². The van der Waals surface area contributed by atoms with E-state index < -0.39 is 11.2 Å². The number of Topliss-reactive ketones (excluding diaryl/α,β-unsaturated/α-hetero) is 1. The molecule has 0 fully saturated rings. The molecule has 3 aromatic rings. The number of carbonyl (C=O) groups is 1. The SMILES string of the molecule is CC(=O)/C(Sc1nc(-c2ccccc2)nc2c1c(=O)n(C)c(=O)n2C)=C(\C)O. The van der Waals surface area contributed by atoms with E-state index in [1.165, 1.54) is 32.5 Å². The number of thioether (sulfide) groups is 1. The summed E-state index contributed by atoms with van der Waals surface area (Å²) in [6.07, 6.45) is 0. The van der Waals surface area contributed by atoms with Gasteiger partial charge in [-0.15, -0.1) is 0 Å². The van der Waals surface area contributed by atoms with Crippen LogP contribution in [0.25, 0.3) is 22.4 Å². The molecule has 0 aliphatic carbocycles. The highest BCUT2D eigenvalue weighted by molar-refractivity contribution is 8.04. The molecule has 0 spiro atoms. The molecule has 28 heavy (non-hydrogen) atoms. The summed E-state index contributed by atoms with van der Waals surface area (Å²) in [5.74, 6) is -0.232. The van der Waals surface area contributed by atoms with E-state index in [0.717, 1.165) is 16.3 Å². The molecule has 0 saturated carbocycles. The van der Waals surface area contributed by atoms with Crippen LogP contribution in [0, 0.1) is 0 Å². The molecule has 2 heterocycles. The molecule has 3 rings (SSSR count). The van der Waals surface area contributed by atoms with Gasteiger partial charge >= 0.3 is 5.69 Å². The van der Waals surface area contributed by atoms with Crippen molar-refractivity contribution in [3.05, 3.63) is 61.8 Å². The normalized spacial score (nSPS) is 12.1.